The molecule has 1 aliphatic heterocycles. The molecule has 31 heavy (non-hydrogen) atoms. The predicted octanol–water partition coefficient (Wildman–Crippen LogP) is 7.08. The first kappa shape index (κ1) is 20.1. The molecule has 3 aromatic carbocycles. The van der Waals surface area contributed by atoms with Gasteiger partial charge < -0.3 is 4.42 Å². The Bertz CT molecular complexity index is 1460. The number of hydrogen-bond acceptors (Lipinski definition) is 3. The summed E-state index contributed by atoms with van der Waals surface area (Å²) in [5.41, 5.74) is 2.59. The van der Waals surface area contributed by atoms with E-state index in [1.807, 2.05) is 24.3 Å². The Morgan fingerprint density at radius 2 is 1.68 bits per heavy atom. The number of halogens is 3. The van der Waals surface area contributed by atoms with Crippen LogP contribution in [0.15, 0.2) is 80.6 Å². The maximum atomic E-state index is 13.5. The van der Waals surface area contributed by atoms with Gasteiger partial charge in [-0.25, -0.2) is 0 Å². The number of nitrogens with zero attached hydrogens (tertiary/aromatic N) is 1. The average Bonchev–Trinajstić information content (AvgIpc) is 3.02. The molecular formula is C24H12BrCl2NO3. The number of hydrogen-bond donors (Lipinski definition) is 0. The number of para-hydroxylation sites is 2. The Morgan fingerprint density at radius 3 is 2.45 bits per heavy atom. The van der Waals surface area contributed by atoms with Gasteiger partial charge in [0.1, 0.15) is 11.8 Å². The van der Waals surface area contributed by atoms with E-state index in [9.17, 15) is 9.59 Å². The Balaban J connectivity index is 1.72. The van der Waals surface area contributed by atoms with E-state index >= 15 is 0 Å². The molecule has 7 heteroatoms. The molecule has 0 radical (unpaired) electrons. The van der Waals surface area contributed by atoms with Crippen LogP contribution in [-0.4, -0.2) is 5.91 Å². The summed E-state index contributed by atoms with van der Waals surface area (Å²) in [7, 11) is 0. The summed E-state index contributed by atoms with van der Waals surface area (Å²) in [4.78, 5) is 28.0. The highest BCUT2D eigenvalue weighted by atomic mass is 79.9. The lowest BCUT2D eigenvalue weighted by Gasteiger charge is -2.20. The molecule has 1 aliphatic rings. The fourth-order valence-electron chi connectivity index (χ4n) is 3.68. The van der Waals surface area contributed by atoms with Gasteiger partial charge in [-0.1, -0.05) is 63.4 Å². The number of anilines is 2. The van der Waals surface area contributed by atoms with E-state index in [1.54, 1.807) is 42.5 Å². The fourth-order valence-corrected chi connectivity index (χ4v) is 4.61. The number of carbonyl (C=O) groups is 1. The third-order valence-electron chi connectivity index (χ3n) is 5.09. The smallest absolute Gasteiger partial charge is 0.263 e. The summed E-state index contributed by atoms with van der Waals surface area (Å²) < 4.78 is 6.39. The average molecular weight is 513 g/mol. The molecule has 4 nitrogen and oxygen atoms in total. The molecule has 0 fully saturated rings. The number of fused-ring (bicyclic) bond motifs is 2. The van der Waals surface area contributed by atoms with Gasteiger partial charge in [-0.15, -0.1) is 0 Å². The maximum absolute atomic E-state index is 13.5. The normalized spacial score (nSPS) is 14.5. The van der Waals surface area contributed by atoms with Crippen molar-refractivity contribution in [1.82, 2.24) is 0 Å². The minimum atomic E-state index is -0.329. The molecule has 0 saturated carbocycles. The molecule has 5 rings (SSSR count). The van der Waals surface area contributed by atoms with Crippen molar-refractivity contribution in [1.29, 1.82) is 0 Å². The van der Waals surface area contributed by atoms with Crippen molar-refractivity contribution in [3.05, 3.63) is 103 Å². The number of carbonyl (C=O) groups excluding carboxylic acids is 1. The van der Waals surface area contributed by atoms with Crippen LogP contribution in [-0.2, 0) is 4.79 Å². The third-order valence-corrected chi connectivity index (χ3v) is 6.19. The van der Waals surface area contributed by atoms with Gasteiger partial charge in [0.05, 0.1) is 37.9 Å². The van der Waals surface area contributed by atoms with E-state index in [4.69, 9.17) is 27.6 Å². The maximum Gasteiger partial charge on any atom is 0.263 e. The predicted molar refractivity (Wildman–Crippen MR) is 128 cm³/mol. The second-order valence-electron chi connectivity index (χ2n) is 6.95. The van der Waals surface area contributed by atoms with Crippen molar-refractivity contribution in [2.45, 2.75) is 0 Å². The van der Waals surface area contributed by atoms with Crippen LogP contribution < -0.4 is 10.3 Å². The zero-order valence-corrected chi connectivity index (χ0v) is 18.8. The largest absolute Gasteiger partial charge is 0.463 e. The van der Waals surface area contributed by atoms with Gasteiger partial charge in [-0.2, -0.15) is 0 Å². The first-order chi connectivity index (χ1) is 15.0. The van der Waals surface area contributed by atoms with Gasteiger partial charge in [0.25, 0.3) is 5.91 Å². The van der Waals surface area contributed by atoms with Crippen LogP contribution in [0.3, 0.4) is 0 Å². The van der Waals surface area contributed by atoms with E-state index in [-0.39, 0.29) is 16.9 Å². The Hall–Kier alpha value is -2.86. The van der Waals surface area contributed by atoms with Crippen LogP contribution in [0, 0.1) is 0 Å². The standard InChI is InChI=1S/C24H12BrCl2NO3/c25-14-8-9-21-17(11-14)23(29)13(12-31-21)10-16-15-4-1-2-7-20(15)28(24(16)30)22-18(26)5-3-6-19(22)27/h1-12H/b16-10+. The van der Waals surface area contributed by atoms with Crippen molar-refractivity contribution in [3.63, 3.8) is 0 Å². The Morgan fingerprint density at radius 1 is 0.935 bits per heavy atom. The summed E-state index contributed by atoms with van der Waals surface area (Å²) in [5.74, 6) is -0.329. The molecular weight excluding hydrogens is 501 g/mol. The fraction of sp³-hybridized carbons (Fsp3) is 0. The monoisotopic (exact) mass is 511 g/mol. The highest BCUT2D eigenvalue weighted by Gasteiger charge is 2.35. The molecule has 4 aromatic rings. The van der Waals surface area contributed by atoms with Gasteiger partial charge >= 0.3 is 0 Å². The second-order valence-corrected chi connectivity index (χ2v) is 8.68. The molecule has 0 bridgehead atoms. The quantitative estimate of drug-likeness (QED) is 0.269. The molecule has 152 valence electrons. The van der Waals surface area contributed by atoms with Crippen molar-refractivity contribution in [2.24, 2.45) is 0 Å². The van der Waals surface area contributed by atoms with Crippen LogP contribution in [0.5, 0.6) is 0 Å². The molecule has 0 unspecified atom stereocenters. The minimum absolute atomic E-state index is 0.227. The Labute approximate surface area is 195 Å². The van der Waals surface area contributed by atoms with Crippen LogP contribution in [0.2, 0.25) is 10.0 Å². The number of benzene rings is 3. The summed E-state index contributed by atoms with van der Waals surface area (Å²) >= 11 is 16.2. The first-order valence-electron chi connectivity index (χ1n) is 9.26. The van der Waals surface area contributed by atoms with E-state index in [2.05, 4.69) is 15.9 Å². The van der Waals surface area contributed by atoms with Crippen molar-refractivity contribution in [3.8, 4) is 0 Å². The van der Waals surface area contributed by atoms with Gasteiger partial charge in [-0.05, 0) is 42.5 Å². The topological polar surface area (TPSA) is 50.5 Å². The highest BCUT2D eigenvalue weighted by molar-refractivity contribution is 9.10. The Kier molecular flexibility index (Phi) is 4.97. The van der Waals surface area contributed by atoms with E-state index in [0.29, 0.717) is 43.5 Å². The van der Waals surface area contributed by atoms with Crippen LogP contribution in [0.1, 0.15) is 11.1 Å². The zero-order chi connectivity index (χ0) is 21.7. The van der Waals surface area contributed by atoms with Crippen molar-refractivity contribution in [2.75, 3.05) is 4.90 Å². The first-order valence-corrected chi connectivity index (χ1v) is 10.8. The lowest BCUT2D eigenvalue weighted by Crippen LogP contribution is -2.21. The summed E-state index contributed by atoms with van der Waals surface area (Å²) in [5, 5.41) is 1.13. The van der Waals surface area contributed by atoms with Crippen molar-refractivity contribution < 1.29 is 9.21 Å². The summed E-state index contributed by atoms with van der Waals surface area (Å²) in [6.45, 7) is 0. The minimum Gasteiger partial charge on any atom is -0.463 e. The number of amides is 1. The van der Waals surface area contributed by atoms with E-state index < -0.39 is 0 Å². The molecule has 0 aliphatic carbocycles. The molecule has 0 N–H and O–H groups in total. The molecule has 0 saturated heterocycles. The summed E-state index contributed by atoms with van der Waals surface area (Å²) in [6, 6.07) is 17.6. The third kappa shape index (κ3) is 3.30. The lowest BCUT2D eigenvalue weighted by molar-refractivity contribution is -0.112. The van der Waals surface area contributed by atoms with Gasteiger partial charge in [0, 0.05) is 10.0 Å². The molecule has 1 aromatic heterocycles. The molecule has 1 amide bonds. The lowest BCUT2D eigenvalue weighted by atomic mass is 10.0. The van der Waals surface area contributed by atoms with Crippen molar-refractivity contribution >= 4 is 79.0 Å². The van der Waals surface area contributed by atoms with Crippen LogP contribution >= 0.6 is 39.1 Å². The molecule has 0 atom stereocenters. The highest BCUT2D eigenvalue weighted by Crippen LogP contribution is 2.46. The van der Waals surface area contributed by atoms with Crippen LogP contribution in [0.25, 0.3) is 22.6 Å². The second kappa shape index (κ2) is 7.68. The number of rotatable bonds is 2. The zero-order valence-electron chi connectivity index (χ0n) is 15.7. The van der Waals surface area contributed by atoms with Gasteiger partial charge in [0.2, 0.25) is 0 Å². The molecule has 2 heterocycles. The van der Waals surface area contributed by atoms with Gasteiger partial charge in [-0.3, -0.25) is 14.5 Å². The van der Waals surface area contributed by atoms with E-state index in [1.165, 1.54) is 11.2 Å². The SMILES string of the molecule is O=C1/C(=C/c2coc3ccc(Br)cc3c2=O)c2ccccc2N1c1c(Cl)cccc1Cl. The molecule has 0 spiro atoms. The summed E-state index contributed by atoms with van der Waals surface area (Å²) in [6.07, 6.45) is 2.92. The van der Waals surface area contributed by atoms with Gasteiger partial charge in [0.15, 0.2) is 5.43 Å². The van der Waals surface area contributed by atoms with E-state index in [0.717, 1.165) is 4.47 Å². The van der Waals surface area contributed by atoms with Crippen LogP contribution in [0.4, 0.5) is 11.4 Å².